The molecule has 1 aromatic rings. The first-order valence-corrected chi connectivity index (χ1v) is 7.37. The smallest absolute Gasteiger partial charge is 0.338 e. The van der Waals surface area contributed by atoms with Gasteiger partial charge in [0.25, 0.3) is 0 Å². The fraction of sp³-hybridized carbons (Fsp3) is 0.588. The fourth-order valence-corrected chi connectivity index (χ4v) is 3.16. The average Bonchev–Trinajstić information content (AvgIpc) is 2.36. The molecule has 4 nitrogen and oxygen atoms in total. The molecule has 2 rings (SSSR count). The van der Waals surface area contributed by atoms with Crippen LogP contribution in [-0.2, 0) is 9.94 Å². The van der Waals surface area contributed by atoms with Gasteiger partial charge >= 0.3 is 5.97 Å². The Morgan fingerprint density at radius 1 is 1.10 bits per heavy atom. The lowest BCUT2D eigenvalue weighted by Crippen LogP contribution is -2.60. The zero-order chi connectivity index (χ0) is 15.8. The molecule has 0 aliphatic carbocycles. The second kappa shape index (κ2) is 5.43. The minimum absolute atomic E-state index is 0.228. The Morgan fingerprint density at radius 3 is 2.05 bits per heavy atom. The molecule has 1 aliphatic heterocycles. The number of hydrogen-bond donors (Lipinski definition) is 0. The second-order valence-electron chi connectivity index (χ2n) is 7.22. The van der Waals surface area contributed by atoms with Crippen LogP contribution in [0.15, 0.2) is 24.3 Å². The molecular formula is C17H24NO3. The van der Waals surface area contributed by atoms with Gasteiger partial charge in [0, 0.05) is 23.9 Å². The molecule has 0 aromatic heterocycles. The molecule has 0 saturated carbocycles. The first-order valence-electron chi connectivity index (χ1n) is 7.37. The summed E-state index contributed by atoms with van der Waals surface area (Å²) in [5.74, 6) is -0.314. The van der Waals surface area contributed by atoms with Crippen LogP contribution in [0.5, 0.6) is 0 Å². The summed E-state index contributed by atoms with van der Waals surface area (Å²) in [6.07, 6.45) is 0.878. The molecule has 115 valence electrons. The van der Waals surface area contributed by atoms with Gasteiger partial charge in [-0.1, -0.05) is 17.7 Å². The van der Waals surface area contributed by atoms with Crippen LogP contribution in [0.4, 0.5) is 0 Å². The van der Waals surface area contributed by atoms with E-state index in [2.05, 4.69) is 0 Å². The van der Waals surface area contributed by atoms with Crippen LogP contribution in [0.1, 0.15) is 56.5 Å². The van der Waals surface area contributed by atoms with Gasteiger partial charge in [-0.25, -0.2) is 4.79 Å². The van der Waals surface area contributed by atoms with Crippen molar-refractivity contribution in [3.05, 3.63) is 35.4 Å². The standard InChI is InChI=1S/C17H24NO3/c1-12-6-8-13(9-7-12)15(19)21-14-10-16(2,3)18(20)17(4,5)11-14/h6-9,14H,10-11H2,1-5H3. The van der Waals surface area contributed by atoms with Crippen LogP contribution in [0, 0.1) is 6.92 Å². The van der Waals surface area contributed by atoms with Crippen molar-refractivity contribution < 1.29 is 14.7 Å². The lowest BCUT2D eigenvalue weighted by Gasteiger charge is -2.49. The Bertz CT molecular complexity index is 501. The van der Waals surface area contributed by atoms with Crippen LogP contribution in [-0.4, -0.2) is 28.2 Å². The molecule has 0 N–H and O–H groups in total. The van der Waals surface area contributed by atoms with Crippen molar-refractivity contribution in [1.29, 1.82) is 0 Å². The minimum atomic E-state index is -0.528. The van der Waals surface area contributed by atoms with Gasteiger partial charge in [0.2, 0.25) is 0 Å². The highest BCUT2D eigenvalue weighted by molar-refractivity contribution is 5.89. The van der Waals surface area contributed by atoms with Crippen LogP contribution in [0.3, 0.4) is 0 Å². The van der Waals surface area contributed by atoms with Gasteiger partial charge in [-0.15, -0.1) is 10.3 Å². The predicted molar refractivity (Wildman–Crippen MR) is 80.3 cm³/mol. The summed E-state index contributed by atoms with van der Waals surface area (Å²) < 4.78 is 5.63. The number of esters is 1. The SMILES string of the molecule is Cc1ccc(C(=O)OC2CC(C)(C)N([O])C(C)(C)C2)cc1. The molecule has 1 aromatic carbocycles. The van der Waals surface area contributed by atoms with E-state index in [0.29, 0.717) is 18.4 Å². The van der Waals surface area contributed by atoms with Gasteiger partial charge < -0.3 is 4.74 Å². The molecule has 1 fully saturated rings. The summed E-state index contributed by atoms with van der Waals surface area (Å²) in [6, 6.07) is 7.34. The van der Waals surface area contributed by atoms with Gasteiger partial charge in [0.15, 0.2) is 0 Å². The summed E-state index contributed by atoms with van der Waals surface area (Å²) in [6.45, 7) is 9.56. The maximum absolute atomic E-state index is 12.3. The first kappa shape index (κ1) is 16.0. The first-order chi connectivity index (χ1) is 9.62. The van der Waals surface area contributed by atoms with Crippen molar-refractivity contribution in [3.63, 3.8) is 0 Å². The molecule has 0 bridgehead atoms. The maximum atomic E-state index is 12.3. The van der Waals surface area contributed by atoms with E-state index in [4.69, 9.17) is 4.74 Å². The molecule has 0 spiro atoms. The number of nitrogens with zero attached hydrogens (tertiary/aromatic N) is 1. The van der Waals surface area contributed by atoms with Crippen molar-refractivity contribution in [2.24, 2.45) is 0 Å². The monoisotopic (exact) mass is 290 g/mol. The zero-order valence-electron chi connectivity index (χ0n) is 13.5. The molecule has 0 amide bonds. The highest BCUT2D eigenvalue weighted by Gasteiger charge is 2.47. The minimum Gasteiger partial charge on any atom is -0.459 e. The largest absolute Gasteiger partial charge is 0.459 e. The van der Waals surface area contributed by atoms with Gasteiger partial charge in [-0.2, -0.15) is 0 Å². The summed E-state index contributed by atoms with van der Waals surface area (Å²) >= 11 is 0. The Balaban J connectivity index is 2.09. The van der Waals surface area contributed by atoms with Crippen molar-refractivity contribution in [3.8, 4) is 0 Å². The molecule has 1 aliphatic rings. The Kier molecular flexibility index (Phi) is 4.13. The summed E-state index contributed by atoms with van der Waals surface area (Å²) in [5, 5.41) is 13.4. The summed E-state index contributed by atoms with van der Waals surface area (Å²) in [5.41, 5.74) is 0.606. The van der Waals surface area contributed by atoms with Crippen LogP contribution in [0.2, 0.25) is 0 Å². The number of hydroxylamine groups is 2. The van der Waals surface area contributed by atoms with E-state index in [0.717, 1.165) is 10.6 Å². The zero-order valence-corrected chi connectivity index (χ0v) is 13.5. The van der Waals surface area contributed by atoms with E-state index in [-0.39, 0.29) is 12.1 Å². The fourth-order valence-electron chi connectivity index (χ4n) is 3.16. The van der Waals surface area contributed by atoms with E-state index in [1.165, 1.54) is 0 Å². The van der Waals surface area contributed by atoms with E-state index in [9.17, 15) is 10.0 Å². The maximum Gasteiger partial charge on any atom is 0.338 e. The third-order valence-electron chi connectivity index (χ3n) is 4.11. The number of aryl methyl sites for hydroxylation is 1. The second-order valence-corrected chi connectivity index (χ2v) is 7.22. The summed E-state index contributed by atoms with van der Waals surface area (Å²) in [4.78, 5) is 12.2. The molecule has 1 saturated heterocycles. The number of piperidine rings is 1. The third-order valence-corrected chi connectivity index (χ3v) is 4.11. The summed E-state index contributed by atoms with van der Waals surface area (Å²) in [7, 11) is 0. The number of hydrogen-bond acceptors (Lipinski definition) is 3. The van der Waals surface area contributed by atoms with Gasteiger partial charge in [0.05, 0.1) is 5.56 Å². The Hall–Kier alpha value is -1.39. The van der Waals surface area contributed by atoms with Gasteiger partial charge in [0.1, 0.15) is 6.10 Å². The van der Waals surface area contributed by atoms with Crippen LogP contribution < -0.4 is 0 Å². The van der Waals surface area contributed by atoms with Crippen molar-refractivity contribution in [2.75, 3.05) is 0 Å². The lowest BCUT2D eigenvalue weighted by molar-refractivity contribution is -0.298. The van der Waals surface area contributed by atoms with Gasteiger partial charge in [-0.05, 0) is 46.8 Å². The van der Waals surface area contributed by atoms with Gasteiger partial charge in [-0.3, -0.25) is 0 Å². The molecule has 4 heteroatoms. The number of carbonyl (C=O) groups is 1. The number of carbonyl (C=O) groups excluding carboxylic acids is 1. The highest BCUT2D eigenvalue weighted by atomic mass is 16.5. The average molecular weight is 290 g/mol. The molecular weight excluding hydrogens is 266 g/mol. The van der Waals surface area contributed by atoms with E-state index < -0.39 is 11.1 Å². The quantitative estimate of drug-likeness (QED) is 0.783. The van der Waals surface area contributed by atoms with Crippen LogP contribution >= 0.6 is 0 Å². The topological polar surface area (TPSA) is 49.4 Å². The van der Waals surface area contributed by atoms with E-state index in [1.54, 1.807) is 12.1 Å². The van der Waals surface area contributed by atoms with Crippen LogP contribution in [0.25, 0.3) is 0 Å². The predicted octanol–water partition coefficient (Wildman–Crippen LogP) is 3.52. The third kappa shape index (κ3) is 3.44. The molecule has 0 unspecified atom stereocenters. The molecule has 0 atom stereocenters. The van der Waals surface area contributed by atoms with E-state index in [1.807, 2.05) is 46.8 Å². The highest BCUT2D eigenvalue weighted by Crippen LogP contribution is 2.38. The Morgan fingerprint density at radius 2 is 1.57 bits per heavy atom. The van der Waals surface area contributed by atoms with Crippen molar-refractivity contribution >= 4 is 5.97 Å². The molecule has 21 heavy (non-hydrogen) atoms. The Labute approximate surface area is 126 Å². The molecule has 1 radical (unpaired) electrons. The molecule has 1 heterocycles. The number of ether oxygens (including phenoxy) is 1. The van der Waals surface area contributed by atoms with Crippen molar-refractivity contribution in [1.82, 2.24) is 5.06 Å². The lowest BCUT2D eigenvalue weighted by atomic mass is 9.80. The number of rotatable bonds is 2. The van der Waals surface area contributed by atoms with Crippen molar-refractivity contribution in [2.45, 2.75) is 64.6 Å². The van der Waals surface area contributed by atoms with E-state index >= 15 is 0 Å². The number of benzene rings is 1. The normalized spacial score (nSPS) is 22.0.